The lowest BCUT2D eigenvalue weighted by Crippen LogP contribution is -2.41. The van der Waals surface area contributed by atoms with Crippen LogP contribution in [0.3, 0.4) is 0 Å². The SMILES string of the molecule is CNS(=O)(=O)C1(C)C=CC=CC1. The third kappa shape index (κ3) is 1.44. The molecule has 0 spiro atoms. The van der Waals surface area contributed by atoms with E-state index in [0.717, 1.165) is 0 Å². The summed E-state index contributed by atoms with van der Waals surface area (Å²) in [6.07, 6.45) is 7.71. The van der Waals surface area contributed by atoms with Crippen LogP contribution in [0.15, 0.2) is 24.3 Å². The van der Waals surface area contributed by atoms with Crippen molar-refractivity contribution < 1.29 is 8.42 Å². The molecule has 68 valence electrons. The van der Waals surface area contributed by atoms with Gasteiger partial charge in [-0.05, 0) is 20.4 Å². The largest absolute Gasteiger partial charge is 0.220 e. The van der Waals surface area contributed by atoms with Gasteiger partial charge in [0.15, 0.2) is 0 Å². The highest BCUT2D eigenvalue weighted by atomic mass is 32.2. The summed E-state index contributed by atoms with van der Waals surface area (Å²) in [6, 6.07) is 0. The average molecular weight is 187 g/mol. The molecule has 1 N–H and O–H groups in total. The van der Waals surface area contributed by atoms with Crippen molar-refractivity contribution in [1.29, 1.82) is 0 Å². The first-order valence-electron chi connectivity index (χ1n) is 3.79. The summed E-state index contributed by atoms with van der Waals surface area (Å²) in [6.45, 7) is 1.71. The maximum atomic E-state index is 11.5. The fraction of sp³-hybridized carbons (Fsp3) is 0.500. The average Bonchev–Trinajstić information content (AvgIpc) is 2.06. The van der Waals surface area contributed by atoms with Gasteiger partial charge >= 0.3 is 0 Å². The zero-order valence-electron chi connectivity index (χ0n) is 7.24. The molecule has 1 aliphatic carbocycles. The van der Waals surface area contributed by atoms with Gasteiger partial charge in [-0.2, -0.15) is 0 Å². The van der Waals surface area contributed by atoms with Crippen molar-refractivity contribution in [2.75, 3.05) is 7.05 Å². The second-order valence-electron chi connectivity index (χ2n) is 3.01. The van der Waals surface area contributed by atoms with Gasteiger partial charge in [0.2, 0.25) is 10.0 Å². The van der Waals surface area contributed by atoms with Crippen molar-refractivity contribution in [3.05, 3.63) is 24.3 Å². The van der Waals surface area contributed by atoms with Crippen molar-refractivity contribution in [3.63, 3.8) is 0 Å². The molecule has 0 saturated heterocycles. The van der Waals surface area contributed by atoms with E-state index in [2.05, 4.69) is 4.72 Å². The predicted molar refractivity (Wildman–Crippen MR) is 49.3 cm³/mol. The number of allylic oxidation sites excluding steroid dienone is 3. The zero-order valence-corrected chi connectivity index (χ0v) is 8.06. The maximum absolute atomic E-state index is 11.5. The quantitative estimate of drug-likeness (QED) is 0.695. The van der Waals surface area contributed by atoms with E-state index in [0.29, 0.717) is 6.42 Å². The van der Waals surface area contributed by atoms with Gasteiger partial charge < -0.3 is 0 Å². The molecule has 0 radical (unpaired) electrons. The highest BCUT2D eigenvalue weighted by molar-refractivity contribution is 7.91. The molecular weight excluding hydrogens is 174 g/mol. The molecule has 1 rings (SSSR count). The smallest absolute Gasteiger partial charge is 0.218 e. The van der Waals surface area contributed by atoms with Crippen LogP contribution in [0.2, 0.25) is 0 Å². The highest BCUT2D eigenvalue weighted by Gasteiger charge is 2.35. The van der Waals surface area contributed by atoms with E-state index in [4.69, 9.17) is 0 Å². The Morgan fingerprint density at radius 3 is 2.50 bits per heavy atom. The summed E-state index contributed by atoms with van der Waals surface area (Å²) in [5.74, 6) is 0. The molecule has 0 aromatic carbocycles. The van der Waals surface area contributed by atoms with Crippen LogP contribution in [-0.2, 0) is 10.0 Å². The molecule has 0 aromatic rings. The maximum Gasteiger partial charge on any atom is 0.220 e. The minimum absolute atomic E-state index is 0.534. The lowest BCUT2D eigenvalue weighted by atomic mass is 10.0. The molecule has 3 nitrogen and oxygen atoms in total. The fourth-order valence-corrected chi connectivity index (χ4v) is 2.18. The first kappa shape index (κ1) is 9.48. The Balaban J connectivity index is 3.02. The molecule has 0 bridgehead atoms. The predicted octanol–water partition coefficient (Wildman–Crippen LogP) is 0.810. The first-order valence-corrected chi connectivity index (χ1v) is 5.28. The molecular formula is C8H13NO2S. The van der Waals surface area contributed by atoms with Crippen LogP contribution in [0.1, 0.15) is 13.3 Å². The normalized spacial score (nSPS) is 29.2. The molecule has 12 heavy (non-hydrogen) atoms. The number of nitrogens with one attached hydrogen (secondary N) is 1. The van der Waals surface area contributed by atoms with Crippen LogP contribution >= 0.6 is 0 Å². The number of rotatable bonds is 2. The van der Waals surface area contributed by atoms with Crippen LogP contribution in [0.25, 0.3) is 0 Å². The third-order valence-electron chi connectivity index (χ3n) is 2.10. The van der Waals surface area contributed by atoms with Crippen molar-refractivity contribution in [3.8, 4) is 0 Å². The van der Waals surface area contributed by atoms with Gasteiger partial charge in [0.05, 0.1) is 0 Å². The van der Waals surface area contributed by atoms with Gasteiger partial charge in [0, 0.05) is 0 Å². The summed E-state index contributed by atoms with van der Waals surface area (Å²) in [7, 11) is -1.77. The second-order valence-corrected chi connectivity index (χ2v) is 5.36. The molecule has 0 amide bonds. The summed E-state index contributed by atoms with van der Waals surface area (Å²) in [5, 5.41) is 0. The number of hydrogen-bond acceptors (Lipinski definition) is 2. The van der Waals surface area contributed by atoms with E-state index < -0.39 is 14.8 Å². The standard InChI is InChI=1S/C8H13NO2S/c1-8(12(10,11)9-2)6-4-3-5-7-8/h3-6,9H,7H2,1-2H3. The minimum atomic E-state index is -3.21. The van der Waals surface area contributed by atoms with Crippen LogP contribution in [0, 0.1) is 0 Å². The Morgan fingerprint density at radius 1 is 1.42 bits per heavy atom. The molecule has 0 aromatic heterocycles. The Morgan fingerprint density at radius 2 is 2.08 bits per heavy atom. The van der Waals surface area contributed by atoms with Crippen LogP contribution in [0.4, 0.5) is 0 Å². The van der Waals surface area contributed by atoms with E-state index in [1.54, 1.807) is 19.1 Å². The molecule has 0 heterocycles. The summed E-state index contributed by atoms with van der Waals surface area (Å²) in [5.41, 5.74) is 0. The molecule has 0 fully saturated rings. The lowest BCUT2D eigenvalue weighted by molar-refractivity contribution is 0.554. The number of sulfonamides is 1. The summed E-state index contributed by atoms with van der Waals surface area (Å²) in [4.78, 5) is 0. The fourth-order valence-electron chi connectivity index (χ4n) is 1.14. The molecule has 1 atom stereocenters. The van der Waals surface area contributed by atoms with Gasteiger partial charge in [-0.3, -0.25) is 0 Å². The Hall–Kier alpha value is -0.610. The Bertz CT molecular complexity index is 316. The van der Waals surface area contributed by atoms with Crippen molar-refractivity contribution >= 4 is 10.0 Å². The topological polar surface area (TPSA) is 46.2 Å². The van der Waals surface area contributed by atoms with Crippen LogP contribution in [-0.4, -0.2) is 20.2 Å². The second kappa shape index (κ2) is 3.03. The van der Waals surface area contributed by atoms with E-state index in [-0.39, 0.29) is 0 Å². The van der Waals surface area contributed by atoms with Crippen molar-refractivity contribution in [2.45, 2.75) is 18.1 Å². The van der Waals surface area contributed by atoms with E-state index in [1.807, 2.05) is 12.2 Å². The molecule has 0 saturated carbocycles. The van der Waals surface area contributed by atoms with Gasteiger partial charge in [-0.15, -0.1) is 0 Å². The monoisotopic (exact) mass is 187 g/mol. The third-order valence-corrected chi connectivity index (χ3v) is 4.17. The van der Waals surface area contributed by atoms with Gasteiger partial charge in [-0.1, -0.05) is 24.3 Å². The van der Waals surface area contributed by atoms with Gasteiger partial charge in [-0.25, -0.2) is 13.1 Å². The lowest BCUT2D eigenvalue weighted by Gasteiger charge is -2.25. The molecule has 1 unspecified atom stereocenters. The summed E-state index contributed by atoms with van der Waals surface area (Å²) >= 11 is 0. The van der Waals surface area contributed by atoms with E-state index in [9.17, 15) is 8.42 Å². The molecule has 4 heteroatoms. The molecule has 0 aliphatic heterocycles. The molecule has 1 aliphatic rings. The van der Waals surface area contributed by atoms with E-state index in [1.165, 1.54) is 7.05 Å². The van der Waals surface area contributed by atoms with Gasteiger partial charge in [0.25, 0.3) is 0 Å². The van der Waals surface area contributed by atoms with Gasteiger partial charge in [0.1, 0.15) is 4.75 Å². The van der Waals surface area contributed by atoms with Crippen LogP contribution < -0.4 is 4.72 Å². The minimum Gasteiger partial charge on any atom is -0.218 e. The van der Waals surface area contributed by atoms with Crippen molar-refractivity contribution in [1.82, 2.24) is 4.72 Å². The Labute approximate surface area is 73.2 Å². The number of hydrogen-bond donors (Lipinski definition) is 1. The first-order chi connectivity index (χ1) is 5.52. The highest BCUT2D eigenvalue weighted by Crippen LogP contribution is 2.25. The van der Waals surface area contributed by atoms with Crippen molar-refractivity contribution in [2.24, 2.45) is 0 Å². The van der Waals surface area contributed by atoms with E-state index >= 15 is 0 Å². The Kier molecular flexibility index (Phi) is 2.39. The zero-order chi connectivity index (χ0) is 9.24. The van der Waals surface area contributed by atoms with Crippen LogP contribution in [0.5, 0.6) is 0 Å². The summed E-state index contributed by atoms with van der Waals surface area (Å²) < 4.78 is 24.5.